The van der Waals surface area contributed by atoms with Crippen molar-refractivity contribution in [1.82, 2.24) is 20.0 Å². The van der Waals surface area contributed by atoms with Crippen molar-refractivity contribution in [2.75, 3.05) is 52.4 Å². The molecule has 0 aliphatic carbocycles. The van der Waals surface area contributed by atoms with Gasteiger partial charge in [0.1, 0.15) is 5.76 Å². The number of nitrogens with one attached hydrogen (secondary N) is 1. The van der Waals surface area contributed by atoms with Crippen LogP contribution in [0.1, 0.15) is 34.7 Å². The van der Waals surface area contributed by atoms with Gasteiger partial charge in [0.15, 0.2) is 5.76 Å². The number of likely N-dealkylation sites (tertiary alicyclic amines) is 1. The monoisotopic (exact) mass is 420 g/mol. The summed E-state index contributed by atoms with van der Waals surface area (Å²) in [5, 5.41) is 3.45. The van der Waals surface area contributed by atoms with Crippen molar-refractivity contribution < 1.29 is 9.21 Å². The van der Waals surface area contributed by atoms with Crippen molar-refractivity contribution in [1.29, 1.82) is 0 Å². The first-order valence-corrected chi connectivity index (χ1v) is 11.8. The van der Waals surface area contributed by atoms with Gasteiger partial charge in [-0.3, -0.25) is 9.69 Å². The predicted octanol–water partition coefficient (Wildman–Crippen LogP) is 2.17. The van der Waals surface area contributed by atoms with Crippen LogP contribution in [-0.2, 0) is 12.0 Å². The quantitative estimate of drug-likeness (QED) is 0.804. The molecule has 0 spiro atoms. The smallest absolute Gasteiger partial charge is 0.287 e. The molecule has 5 saturated heterocycles. The number of benzene rings is 1. The first-order chi connectivity index (χ1) is 15.2. The van der Waals surface area contributed by atoms with E-state index in [-0.39, 0.29) is 17.4 Å². The number of carbonyl (C=O) groups excluding carboxylic acids is 1. The zero-order chi connectivity index (χ0) is 20.8. The summed E-state index contributed by atoms with van der Waals surface area (Å²) in [5.74, 6) is 1.71. The minimum atomic E-state index is -0.0699. The van der Waals surface area contributed by atoms with Gasteiger partial charge in [-0.15, -0.1) is 0 Å². The lowest BCUT2D eigenvalue weighted by Crippen LogP contribution is -2.70. The van der Waals surface area contributed by atoms with Gasteiger partial charge in [-0.1, -0.05) is 30.3 Å². The third kappa shape index (κ3) is 3.51. The third-order valence-corrected chi connectivity index (χ3v) is 7.89. The third-order valence-electron chi connectivity index (χ3n) is 7.89. The van der Waals surface area contributed by atoms with Crippen molar-refractivity contribution in [3.8, 4) is 0 Å². The number of amides is 1. The van der Waals surface area contributed by atoms with E-state index in [0.717, 1.165) is 64.7 Å². The maximum Gasteiger partial charge on any atom is 0.287 e. The van der Waals surface area contributed by atoms with E-state index in [1.165, 1.54) is 18.4 Å². The fraction of sp³-hybridized carbons (Fsp3) is 0.560. The fourth-order valence-corrected chi connectivity index (χ4v) is 6.53. The van der Waals surface area contributed by atoms with Gasteiger partial charge in [0.05, 0.1) is 6.54 Å². The Hall–Kier alpha value is -2.15. The van der Waals surface area contributed by atoms with E-state index in [2.05, 4.69) is 50.3 Å². The summed E-state index contributed by atoms with van der Waals surface area (Å²) in [6, 6.07) is 14.8. The molecule has 5 aliphatic rings. The normalized spacial score (nSPS) is 34.7. The molecule has 7 rings (SSSR count). The standard InChI is InChI=1S/C25H32N4O2/c30-24(22-9-8-21(31-22)16-27-10-4-5-11-27)26-23-19-14-28-12-13-29(15-19)18-25(23,17-28)20-6-2-1-3-7-20/h1-3,6-9,19,23H,4-5,10-18H2,(H,26,30)/t19?,23-,25?/m1/s1. The van der Waals surface area contributed by atoms with Gasteiger partial charge in [0.25, 0.3) is 5.91 Å². The molecule has 164 valence electrons. The Kier molecular flexibility index (Phi) is 4.89. The molecule has 6 heteroatoms. The van der Waals surface area contributed by atoms with E-state index >= 15 is 0 Å². The van der Waals surface area contributed by atoms with Crippen LogP contribution in [0, 0.1) is 5.92 Å². The fourth-order valence-electron chi connectivity index (χ4n) is 6.53. The number of hydrogen-bond acceptors (Lipinski definition) is 5. The zero-order valence-electron chi connectivity index (χ0n) is 18.1. The Morgan fingerprint density at radius 3 is 2.39 bits per heavy atom. The molecule has 2 unspecified atom stereocenters. The molecule has 1 N–H and O–H groups in total. The first-order valence-electron chi connectivity index (χ1n) is 11.8. The van der Waals surface area contributed by atoms with Gasteiger partial charge in [0.2, 0.25) is 0 Å². The second-order valence-corrected chi connectivity index (χ2v) is 9.95. The number of hydrogen-bond donors (Lipinski definition) is 1. The summed E-state index contributed by atoms with van der Waals surface area (Å²) in [5.41, 5.74) is 1.27. The summed E-state index contributed by atoms with van der Waals surface area (Å²) in [4.78, 5) is 20.9. The van der Waals surface area contributed by atoms with E-state index in [1.54, 1.807) is 0 Å². The number of furan rings is 1. The Balaban J connectivity index is 1.26. The van der Waals surface area contributed by atoms with Crippen LogP contribution in [0.5, 0.6) is 0 Å². The number of fused-ring (bicyclic) bond motifs is 1. The second kappa shape index (κ2) is 7.76. The number of rotatable bonds is 5. The number of piperidine rings is 2. The molecule has 5 aliphatic heterocycles. The van der Waals surface area contributed by atoms with Gasteiger partial charge in [-0.25, -0.2) is 0 Å². The predicted molar refractivity (Wildman–Crippen MR) is 119 cm³/mol. The molecule has 0 radical (unpaired) electrons. The van der Waals surface area contributed by atoms with E-state index < -0.39 is 0 Å². The average Bonchev–Trinajstić information content (AvgIpc) is 3.40. The van der Waals surface area contributed by atoms with Crippen molar-refractivity contribution >= 4 is 5.91 Å². The highest BCUT2D eigenvalue weighted by Crippen LogP contribution is 2.43. The maximum absolute atomic E-state index is 13.3. The van der Waals surface area contributed by atoms with Crippen LogP contribution in [0.15, 0.2) is 46.9 Å². The topological polar surface area (TPSA) is 52.0 Å². The van der Waals surface area contributed by atoms with E-state index in [9.17, 15) is 4.79 Å². The molecule has 6 nitrogen and oxygen atoms in total. The highest BCUT2D eigenvalue weighted by Gasteiger charge is 2.55. The minimum absolute atomic E-state index is 0.0656. The van der Waals surface area contributed by atoms with E-state index in [0.29, 0.717) is 11.7 Å². The summed E-state index contributed by atoms with van der Waals surface area (Å²) >= 11 is 0. The summed E-state index contributed by atoms with van der Waals surface area (Å²) in [6.07, 6.45) is 2.51. The number of carbonyl (C=O) groups is 1. The SMILES string of the molecule is O=C(N[C@@H]1C2CN3CCN(C2)CC1(c1ccccc1)C3)c1ccc(CN2CCCC2)o1. The lowest BCUT2D eigenvalue weighted by molar-refractivity contribution is 0.0174. The molecule has 0 saturated carbocycles. The summed E-state index contributed by atoms with van der Waals surface area (Å²) in [7, 11) is 0. The molecule has 31 heavy (non-hydrogen) atoms. The lowest BCUT2D eigenvalue weighted by Gasteiger charge is -2.55. The van der Waals surface area contributed by atoms with Crippen LogP contribution in [0.2, 0.25) is 0 Å². The van der Waals surface area contributed by atoms with Crippen LogP contribution < -0.4 is 5.32 Å². The molecule has 5 fully saturated rings. The molecule has 3 atom stereocenters. The van der Waals surface area contributed by atoms with Crippen LogP contribution in [0.25, 0.3) is 0 Å². The van der Waals surface area contributed by atoms with Crippen molar-refractivity contribution in [3.63, 3.8) is 0 Å². The highest BCUT2D eigenvalue weighted by atomic mass is 16.4. The molecule has 4 bridgehead atoms. The van der Waals surface area contributed by atoms with Crippen LogP contribution >= 0.6 is 0 Å². The van der Waals surface area contributed by atoms with Crippen molar-refractivity contribution in [2.45, 2.75) is 30.8 Å². The Labute approximate surface area is 184 Å². The summed E-state index contributed by atoms with van der Waals surface area (Å²) < 4.78 is 5.99. The van der Waals surface area contributed by atoms with Gasteiger partial charge in [-0.2, -0.15) is 0 Å². The Morgan fingerprint density at radius 1 is 0.968 bits per heavy atom. The van der Waals surface area contributed by atoms with E-state index in [4.69, 9.17) is 4.42 Å². The Bertz CT molecular complexity index is 920. The number of nitrogens with zero attached hydrogens (tertiary/aromatic N) is 3. The van der Waals surface area contributed by atoms with Gasteiger partial charge in [-0.05, 0) is 43.6 Å². The van der Waals surface area contributed by atoms with Gasteiger partial charge in [0, 0.05) is 56.6 Å². The van der Waals surface area contributed by atoms with Gasteiger partial charge >= 0.3 is 0 Å². The van der Waals surface area contributed by atoms with Crippen LogP contribution in [0.4, 0.5) is 0 Å². The van der Waals surface area contributed by atoms with Crippen LogP contribution in [0.3, 0.4) is 0 Å². The van der Waals surface area contributed by atoms with Crippen molar-refractivity contribution in [2.24, 2.45) is 5.92 Å². The van der Waals surface area contributed by atoms with Crippen LogP contribution in [-0.4, -0.2) is 79.0 Å². The highest BCUT2D eigenvalue weighted by molar-refractivity contribution is 5.92. The van der Waals surface area contributed by atoms with E-state index in [1.807, 2.05) is 12.1 Å². The molecular formula is C25H32N4O2. The minimum Gasteiger partial charge on any atom is -0.455 e. The van der Waals surface area contributed by atoms with Crippen molar-refractivity contribution in [3.05, 3.63) is 59.5 Å². The Morgan fingerprint density at radius 2 is 1.68 bits per heavy atom. The largest absolute Gasteiger partial charge is 0.455 e. The van der Waals surface area contributed by atoms with Gasteiger partial charge < -0.3 is 19.5 Å². The average molecular weight is 421 g/mol. The molecular weight excluding hydrogens is 388 g/mol. The second-order valence-electron chi connectivity index (χ2n) is 9.95. The first kappa shape index (κ1) is 19.5. The molecule has 1 aromatic heterocycles. The zero-order valence-corrected chi connectivity index (χ0v) is 18.1. The summed E-state index contributed by atoms with van der Waals surface area (Å²) in [6.45, 7) is 9.45. The molecule has 6 heterocycles. The maximum atomic E-state index is 13.3. The molecule has 1 aromatic carbocycles. The molecule has 1 amide bonds. The molecule has 2 aromatic rings. The lowest BCUT2D eigenvalue weighted by atomic mass is 9.64.